The predicted molar refractivity (Wildman–Crippen MR) is 88.9 cm³/mol. The van der Waals surface area contributed by atoms with Crippen molar-refractivity contribution in [2.75, 3.05) is 13.1 Å². The van der Waals surface area contributed by atoms with Crippen LogP contribution in [0.3, 0.4) is 0 Å². The first-order chi connectivity index (χ1) is 11.2. The van der Waals surface area contributed by atoms with E-state index in [0.717, 1.165) is 16.8 Å². The van der Waals surface area contributed by atoms with Crippen LogP contribution >= 0.6 is 0 Å². The summed E-state index contributed by atoms with van der Waals surface area (Å²) in [5, 5.41) is 14.8. The number of hydrogen-bond donors (Lipinski definition) is 1. The molecule has 1 aliphatic rings. The normalized spacial score (nSPS) is 22.0. The zero-order valence-electron chi connectivity index (χ0n) is 14.6. The summed E-state index contributed by atoms with van der Waals surface area (Å²) >= 11 is 0. The van der Waals surface area contributed by atoms with Crippen LogP contribution in [0.15, 0.2) is 18.6 Å². The van der Waals surface area contributed by atoms with Crippen molar-refractivity contribution in [2.24, 2.45) is 0 Å². The Labute approximate surface area is 141 Å². The summed E-state index contributed by atoms with van der Waals surface area (Å²) in [5.41, 5.74) is 2.37. The topological polar surface area (TPSA) is 80.0 Å². The van der Waals surface area contributed by atoms with Crippen LogP contribution < -0.4 is 0 Å². The van der Waals surface area contributed by atoms with E-state index >= 15 is 0 Å². The quantitative estimate of drug-likeness (QED) is 0.865. The summed E-state index contributed by atoms with van der Waals surface area (Å²) in [5.74, 6) is -0.0303. The van der Waals surface area contributed by atoms with Crippen molar-refractivity contribution >= 4 is 11.7 Å². The minimum Gasteiger partial charge on any atom is -0.444 e. The number of nitrogens with zero attached hydrogens (tertiary/aromatic N) is 4. The van der Waals surface area contributed by atoms with Crippen molar-refractivity contribution in [1.29, 1.82) is 0 Å². The zero-order chi connectivity index (χ0) is 17.5. The lowest BCUT2D eigenvalue weighted by atomic mass is 9.86. The van der Waals surface area contributed by atoms with E-state index in [0.29, 0.717) is 13.0 Å². The van der Waals surface area contributed by atoms with Gasteiger partial charge in [0, 0.05) is 18.7 Å². The number of amides is 1. The number of hydrogen-bond acceptors (Lipinski definition) is 5. The summed E-state index contributed by atoms with van der Waals surface area (Å²) in [6.07, 6.45) is 3.12. The van der Waals surface area contributed by atoms with Gasteiger partial charge in [-0.3, -0.25) is 0 Å². The molecular formula is C17H24N4O3. The van der Waals surface area contributed by atoms with Gasteiger partial charge in [-0.25, -0.2) is 14.3 Å². The number of piperidine rings is 1. The molecule has 0 aromatic carbocycles. The smallest absolute Gasteiger partial charge is 0.410 e. The van der Waals surface area contributed by atoms with E-state index in [2.05, 4.69) is 10.1 Å². The number of aliphatic hydroxyl groups is 1. The van der Waals surface area contributed by atoms with Crippen LogP contribution in [-0.2, 0) is 4.74 Å². The van der Waals surface area contributed by atoms with E-state index in [1.54, 1.807) is 9.42 Å². The Morgan fingerprint density at radius 2 is 2.17 bits per heavy atom. The summed E-state index contributed by atoms with van der Waals surface area (Å²) in [7, 11) is 0. The summed E-state index contributed by atoms with van der Waals surface area (Å²) in [6.45, 7) is 8.36. The first-order valence-corrected chi connectivity index (χ1v) is 8.20. The van der Waals surface area contributed by atoms with Crippen LogP contribution in [0.2, 0.25) is 0 Å². The van der Waals surface area contributed by atoms with Gasteiger partial charge in [0.2, 0.25) is 0 Å². The third-order valence-corrected chi connectivity index (χ3v) is 4.30. The number of ether oxygens (including phenoxy) is 1. The van der Waals surface area contributed by atoms with E-state index in [1.807, 2.05) is 40.0 Å². The second-order valence-electron chi connectivity index (χ2n) is 7.36. The molecule has 24 heavy (non-hydrogen) atoms. The Bertz CT molecular complexity index is 750. The van der Waals surface area contributed by atoms with Gasteiger partial charge in [0.15, 0.2) is 5.65 Å². The average molecular weight is 332 g/mol. The number of carbonyl (C=O) groups excluding carboxylic acids is 1. The highest BCUT2D eigenvalue weighted by Crippen LogP contribution is 2.31. The number of aromatic nitrogens is 3. The Morgan fingerprint density at radius 3 is 2.83 bits per heavy atom. The molecule has 0 aliphatic carbocycles. The highest BCUT2D eigenvalue weighted by atomic mass is 16.6. The zero-order valence-corrected chi connectivity index (χ0v) is 14.6. The van der Waals surface area contributed by atoms with Gasteiger partial charge in [-0.2, -0.15) is 5.10 Å². The van der Waals surface area contributed by atoms with Gasteiger partial charge in [0.1, 0.15) is 11.9 Å². The third kappa shape index (κ3) is 3.36. The van der Waals surface area contributed by atoms with Crippen LogP contribution in [0.1, 0.15) is 44.2 Å². The number of aliphatic hydroxyl groups excluding tert-OH is 1. The second kappa shape index (κ2) is 6.05. The lowest BCUT2D eigenvalue weighted by Crippen LogP contribution is -2.47. The monoisotopic (exact) mass is 332 g/mol. The maximum atomic E-state index is 12.2. The average Bonchev–Trinajstić information content (AvgIpc) is 2.91. The highest BCUT2D eigenvalue weighted by molar-refractivity contribution is 5.68. The molecule has 7 heteroatoms. The maximum Gasteiger partial charge on any atom is 0.410 e. The largest absolute Gasteiger partial charge is 0.444 e. The number of β-amino-alcohol motifs (C(OH)–C–C–N with tert-alkyl or cyclic N) is 1. The predicted octanol–water partition coefficient (Wildman–Crippen LogP) is 2.12. The molecule has 130 valence electrons. The molecule has 2 aromatic rings. The molecule has 1 fully saturated rings. The number of fused-ring (bicyclic) bond motifs is 1. The van der Waals surface area contributed by atoms with Gasteiger partial charge in [-0.15, -0.1) is 0 Å². The Balaban J connectivity index is 1.75. The molecule has 0 saturated carbocycles. The maximum absolute atomic E-state index is 12.2. The van der Waals surface area contributed by atoms with Crippen LogP contribution in [0.25, 0.3) is 5.65 Å². The van der Waals surface area contributed by atoms with Crippen molar-refractivity contribution in [3.8, 4) is 0 Å². The molecule has 0 radical (unpaired) electrons. The molecule has 1 aliphatic heterocycles. The standard InChI is InChI=1S/C17H24N4O3/c1-11-7-15-18-10-19-21(15)8-13(11)12-5-6-20(9-14(12)22)16(23)24-17(2,3)4/h7-8,10,12,14,22H,5-6,9H2,1-4H3/t12?,14-/m0/s1. The fraction of sp³-hybridized carbons (Fsp3) is 0.588. The number of aryl methyl sites for hydroxylation is 1. The Kier molecular flexibility index (Phi) is 4.21. The molecular weight excluding hydrogens is 308 g/mol. The van der Waals surface area contributed by atoms with Gasteiger partial charge >= 0.3 is 6.09 Å². The molecule has 0 bridgehead atoms. The fourth-order valence-corrected chi connectivity index (χ4v) is 3.15. The highest BCUT2D eigenvalue weighted by Gasteiger charge is 2.34. The minimum atomic E-state index is -0.633. The van der Waals surface area contributed by atoms with Crippen molar-refractivity contribution in [1.82, 2.24) is 19.5 Å². The van der Waals surface area contributed by atoms with Crippen molar-refractivity contribution < 1.29 is 14.6 Å². The van der Waals surface area contributed by atoms with Gasteiger partial charge in [0.05, 0.1) is 12.6 Å². The molecule has 2 aromatic heterocycles. The molecule has 3 rings (SSSR count). The summed E-state index contributed by atoms with van der Waals surface area (Å²) in [6, 6.07) is 1.97. The minimum absolute atomic E-state index is 0.0303. The fourth-order valence-electron chi connectivity index (χ4n) is 3.15. The number of pyridine rings is 1. The Morgan fingerprint density at radius 1 is 1.42 bits per heavy atom. The Hall–Kier alpha value is -2.15. The van der Waals surface area contributed by atoms with E-state index in [-0.39, 0.29) is 18.6 Å². The molecule has 2 atom stereocenters. The van der Waals surface area contributed by atoms with Crippen molar-refractivity contribution in [3.63, 3.8) is 0 Å². The number of rotatable bonds is 1. The van der Waals surface area contributed by atoms with Crippen LogP contribution in [-0.4, -0.2) is 55.5 Å². The molecule has 3 heterocycles. The molecule has 1 amide bonds. The van der Waals surface area contributed by atoms with Crippen molar-refractivity contribution in [2.45, 2.75) is 51.7 Å². The number of carbonyl (C=O) groups is 1. The van der Waals surface area contributed by atoms with Gasteiger partial charge in [-0.05, 0) is 51.3 Å². The lowest BCUT2D eigenvalue weighted by molar-refractivity contribution is -0.00160. The first-order valence-electron chi connectivity index (χ1n) is 8.20. The van der Waals surface area contributed by atoms with Crippen LogP contribution in [0.5, 0.6) is 0 Å². The number of likely N-dealkylation sites (tertiary alicyclic amines) is 1. The van der Waals surface area contributed by atoms with E-state index < -0.39 is 11.7 Å². The molecule has 1 saturated heterocycles. The molecule has 1 N–H and O–H groups in total. The summed E-state index contributed by atoms with van der Waals surface area (Å²) in [4.78, 5) is 17.9. The van der Waals surface area contributed by atoms with Gasteiger partial charge in [-0.1, -0.05) is 0 Å². The third-order valence-electron chi connectivity index (χ3n) is 4.30. The van der Waals surface area contributed by atoms with Crippen molar-refractivity contribution in [3.05, 3.63) is 29.7 Å². The van der Waals surface area contributed by atoms with Gasteiger partial charge in [0.25, 0.3) is 0 Å². The molecule has 7 nitrogen and oxygen atoms in total. The molecule has 0 spiro atoms. The second-order valence-corrected chi connectivity index (χ2v) is 7.36. The molecule has 1 unspecified atom stereocenters. The van der Waals surface area contributed by atoms with Crippen LogP contribution in [0, 0.1) is 6.92 Å². The first kappa shape index (κ1) is 16.7. The lowest BCUT2D eigenvalue weighted by Gasteiger charge is -2.37. The SMILES string of the molecule is Cc1cc2ncnn2cc1C1CCN(C(=O)OC(C)(C)C)C[C@@H]1O. The van der Waals surface area contributed by atoms with Crippen LogP contribution in [0.4, 0.5) is 4.79 Å². The van der Waals surface area contributed by atoms with Gasteiger partial charge < -0.3 is 14.7 Å². The van der Waals surface area contributed by atoms with E-state index in [9.17, 15) is 9.90 Å². The van der Waals surface area contributed by atoms with E-state index in [4.69, 9.17) is 4.74 Å². The van der Waals surface area contributed by atoms with E-state index in [1.165, 1.54) is 6.33 Å². The summed E-state index contributed by atoms with van der Waals surface area (Å²) < 4.78 is 7.11.